The Hall–Kier alpha value is -1.80. The van der Waals surface area contributed by atoms with Crippen molar-refractivity contribution in [1.82, 2.24) is 0 Å². The van der Waals surface area contributed by atoms with Crippen molar-refractivity contribution in [2.24, 2.45) is 17.8 Å². The molecule has 25 heavy (non-hydrogen) atoms. The monoisotopic (exact) mass is 334 g/mol. The Morgan fingerprint density at radius 1 is 0.840 bits per heavy atom. The molecule has 2 aliphatic carbocycles. The molecule has 3 rings (SSSR count). The Labute approximate surface area is 152 Å². The van der Waals surface area contributed by atoms with Crippen molar-refractivity contribution >= 4 is 0 Å². The molecule has 1 aromatic carbocycles. The summed E-state index contributed by atoms with van der Waals surface area (Å²) in [5, 5.41) is 18.3. The van der Waals surface area contributed by atoms with Crippen molar-refractivity contribution in [2.45, 2.75) is 77.0 Å². The second-order valence-corrected chi connectivity index (χ2v) is 8.21. The molecule has 0 bridgehead atoms. The van der Waals surface area contributed by atoms with Gasteiger partial charge in [0.2, 0.25) is 0 Å². The van der Waals surface area contributed by atoms with E-state index in [1.165, 1.54) is 69.8 Å². The zero-order valence-electron chi connectivity index (χ0n) is 15.5. The minimum absolute atomic E-state index is 0.503. The van der Waals surface area contributed by atoms with Gasteiger partial charge >= 0.3 is 0 Å². The van der Waals surface area contributed by atoms with Crippen LogP contribution < -0.4 is 0 Å². The Morgan fingerprint density at radius 2 is 1.44 bits per heavy atom. The van der Waals surface area contributed by atoms with E-state index in [0.29, 0.717) is 17.0 Å². The molecule has 0 aromatic heterocycles. The minimum atomic E-state index is 0.503. The quantitative estimate of drug-likeness (QED) is 0.647. The van der Waals surface area contributed by atoms with E-state index in [2.05, 4.69) is 25.1 Å². The lowest BCUT2D eigenvalue weighted by Gasteiger charge is -2.38. The van der Waals surface area contributed by atoms with Gasteiger partial charge in [0.05, 0.1) is 11.1 Å². The molecule has 0 atom stereocenters. The van der Waals surface area contributed by atoms with Crippen molar-refractivity contribution in [3.63, 3.8) is 0 Å². The maximum atomic E-state index is 9.24. The van der Waals surface area contributed by atoms with Crippen molar-refractivity contribution in [1.29, 1.82) is 10.5 Å². The highest BCUT2D eigenvalue weighted by Crippen LogP contribution is 2.44. The fourth-order valence-electron chi connectivity index (χ4n) is 5.29. The van der Waals surface area contributed by atoms with Crippen LogP contribution >= 0.6 is 0 Å². The van der Waals surface area contributed by atoms with Crippen LogP contribution in [0.4, 0.5) is 0 Å². The van der Waals surface area contributed by atoms with E-state index in [1.807, 2.05) is 12.1 Å². The molecular weight excluding hydrogens is 304 g/mol. The van der Waals surface area contributed by atoms with Crippen LogP contribution in [0, 0.1) is 40.4 Å². The van der Waals surface area contributed by atoms with Crippen LogP contribution in [0.2, 0.25) is 0 Å². The van der Waals surface area contributed by atoms with Crippen molar-refractivity contribution in [3.8, 4) is 12.1 Å². The molecule has 0 aliphatic heterocycles. The minimum Gasteiger partial charge on any atom is -0.192 e. The van der Waals surface area contributed by atoms with Gasteiger partial charge in [0, 0.05) is 0 Å². The van der Waals surface area contributed by atoms with Gasteiger partial charge in [-0.1, -0.05) is 38.7 Å². The molecule has 0 spiro atoms. The molecule has 0 heterocycles. The lowest BCUT2D eigenvalue weighted by Crippen LogP contribution is -2.25. The van der Waals surface area contributed by atoms with Crippen LogP contribution in [-0.4, -0.2) is 0 Å². The van der Waals surface area contributed by atoms with Crippen LogP contribution in [0.1, 0.15) is 93.7 Å². The van der Waals surface area contributed by atoms with Gasteiger partial charge in [0.1, 0.15) is 12.1 Å². The standard InChI is InChI=1S/C23H30N2/c1-2-3-17-4-6-18(7-5-17)19-8-10-20(11-9-19)21-12-13-22(15-24)23(14-21)16-25/h12-14,17-20H,2-11H2,1H3/t17-,18-,19?,20?. The average molecular weight is 335 g/mol. The lowest BCUT2D eigenvalue weighted by molar-refractivity contribution is 0.156. The summed E-state index contributed by atoms with van der Waals surface area (Å²) in [6.07, 6.45) is 13.8. The van der Waals surface area contributed by atoms with Gasteiger partial charge in [-0.05, 0) is 79.9 Å². The number of benzene rings is 1. The molecule has 0 amide bonds. The predicted octanol–water partition coefficient (Wildman–Crippen LogP) is 6.31. The Morgan fingerprint density at radius 3 is 2.00 bits per heavy atom. The molecule has 2 aliphatic rings. The first-order valence-corrected chi connectivity index (χ1v) is 10.2. The van der Waals surface area contributed by atoms with Gasteiger partial charge in [-0.25, -0.2) is 0 Å². The molecule has 2 saturated carbocycles. The van der Waals surface area contributed by atoms with E-state index in [-0.39, 0.29) is 0 Å². The van der Waals surface area contributed by atoms with E-state index in [9.17, 15) is 5.26 Å². The highest BCUT2D eigenvalue weighted by molar-refractivity contribution is 5.48. The van der Waals surface area contributed by atoms with Crippen LogP contribution in [0.25, 0.3) is 0 Å². The second-order valence-electron chi connectivity index (χ2n) is 8.21. The van der Waals surface area contributed by atoms with Crippen molar-refractivity contribution < 1.29 is 0 Å². The Balaban J connectivity index is 1.54. The lowest BCUT2D eigenvalue weighted by atomic mass is 9.68. The smallest absolute Gasteiger partial charge is 0.101 e. The van der Waals surface area contributed by atoms with E-state index in [4.69, 9.17) is 5.26 Å². The molecule has 2 nitrogen and oxygen atoms in total. The van der Waals surface area contributed by atoms with E-state index < -0.39 is 0 Å². The average Bonchev–Trinajstić information content (AvgIpc) is 2.68. The summed E-state index contributed by atoms with van der Waals surface area (Å²) in [6.45, 7) is 2.31. The zero-order valence-corrected chi connectivity index (χ0v) is 15.5. The maximum Gasteiger partial charge on any atom is 0.101 e. The normalized spacial score (nSPS) is 29.6. The maximum absolute atomic E-state index is 9.24. The van der Waals surface area contributed by atoms with Crippen molar-refractivity contribution in [3.05, 3.63) is 34.9 Å². The number of rotatable bonds is 4. The largest absolute Gasteiger partial charge is 0.192 e. The van der Waals surface area contributed by atoms with Crippen molar-refractivity contribution in [2.75, 3.05) is 0 Å². The third kappa shape index (κ3) is 4.24. The summed E-state index contributed by atoms with van der Waals surface area (Å²) in [7, 11) is 0. The third-order valence-electron chi connectivity index (χ3n) is 6.78. The van der Waals surface area contributed by atoms with E-state index in [0.717, 1.165) is 17.8 Å². The highest BCUT2D eigenvalue weighted by Gasteiger charge is 2.31. The molecule has 0 radical (unpaired) electrons. The topological polar surface area (TPSA) is 47.6 Å². The first-order chi connectivity index (χ1) is 12.2. The SMILES string of the molecule is CCC[C@H]1CC[C@H](C2CCC(c3ccc(C#N)c(C#N)c3)CC2)CC1. The predicted molar refractivity (Wildman–Crippen MR) is 101 cm³/mol. The Bertz CT molecular complexity index is 648. The molecule has 1 aromatic rings. The van der Waals surface area contributed by atoms with Gasteiger partial charge in [0.15, 0.2) is 0 Å². The summed E-state index contributed by atoms with van der Waals surface area (Å²) < 4.78 is 0. The van der Waals surface area contributed by atoms with Gasteiger partial charge in [-0.3, -0.25) is 0 Å². The van der Waals surface area contributed by atoms with Crippen LogP contribution in [0.15, 0.2) is 18.2 Å². The number of hydrogen-bond donors (Lipinski definition) is 0. The fraction of sp³-hybridized carbons (Fsp3) is 0.652. The first-order valence-electron chi connectivity index (χ1n) is 10.2. The molecule has 0 N–H and O–H groups in total. The first kappa shape index (κ1) is 18.0. The summed E-state index contributed by atoms with van der Waals surface area (Å²) in [5.74, 6) is 3.46. The number of nitrogens with zero attached hydrogens (tertiary/aromatic N) is 2. The molecule has 2 fully saturated rings. The van der Waals surface area contributed by atoms with Gasteiger partial charge in [-0.2, -0.15) is 10.5 Å². The number of nitriles is 2. The summed E-state index contributed by atoms with van der Waals surface area (Å²) in [5.41, 5.74) is 2.31. The molecule has 0 saturated heterocycles. The molecule has 132 valence electrons. The third-order valence-corrected chi connectivity index (χ3v) is 6.78. The van der Waals surface area contributed by atoms with Gasteiger partial charge in [0.25, 0.3) is 0 Å². The number of hydrogen-bond acceptors (Lipinski definition) is 2. The zero-order chi connectivity index (χ0) is 17.6. The highest BCUT2D eigenvalue weighted by atomic mass is 14.4. The summed E-state index contributed by atoms with van der Waals surface area (Å²) in [4.78, 5) is 0. The van der Waals surface area contributed by atoms with Crippen LogP contribution in [-0.2, 0) is 0 Å². The van der Waals surface area contributed by atoms with Gasteiger partial charge < -0.3 is 0 Å². The molecular formula is C23H30N2. The van der Waals surface area contributed by atoms with Crippen LogP contribution in [0.5, 0.6) is 0 Å². The van der Waals surface area contributed by atoms with E-state index in [1.54, 1.807) is 0 Å². The molecule has 0 unspecified atom stereocenters. The van der Waals surface area contributed by atoms with Crippen LogP contribution in [0.3, 0.4) is 0 Å². The van der Waals surface area contributed by atoms with Gasteiger partial charge in [-0.15, -0.1) is 0 Å². The summed E-state index contributed by atoms with van der Waals surface area (Å²) >= 11 is 0. The molecule has 2 heteroatoms. The fourth-order valence-corrected chi connectivity index (χ4v) is 5.29. The van der Waals surface area contributed by atoms with E-state index >= 15 is 0 Å². The second kappa shape index (κ2) is 8.53. The Kier molecular flexibility index (Phi) is 6.14. The summed E-state index contributed by atoms with van der Waals surface area (Å²) in [6, 6.07) is 10.2.